The molecule has 8 nitrogen and oxygen atoms in total. The van der Waals surface area contributed by atoms with Gasteiger partial charge in [0.15, 0.2) is 11.6 Å². The summed E-state index contributed by atoms with van der Waals surface area (Å²) in [6.45, 7) is 5.89. The SMILES string of the molecule is CCN(CC)S(=O)(=O)c1ccc(Cl)c(NC(=O)c2c(C)nc(-c3ccco3)nc2SC)c1. The van der Waals surface area contributed by atoms with Gasteiger partial charge in [-0.15, -0.1) is 11.8 Å². The maximum absolute atomic E-state index is 13.1. The van der Waals surface area contributed by atoms with Crippen LogP contribution in [-0.4, -0.2) is 47.9 Å². The van der Waals surface area contributed by atoms with Crippen molar-refractivity contribution in [1.29, 1.82) is 0 Å². The van der Waals surface area contributed by atoms with Gasteiger partial charge in [0.2, 0.25) is 10.0 Å². The summed E-state index contributed by atoms with van der Waals surface area (Å²) in [5.41, 5.74) is 0.920. The normalized spacial score (nSPS) is 11.7. The van der Waals surface area contributed by atoms with Crippen LogP contribution >= 0.6 is 23.4 Å². The molecule has 0 bridgehead atoms. The fourth-order valence-corrected chi connectivity index (χ4v) is 5.40. The average molecular weight is 495 g/mol. The first-order valence-corrected chi connectivity index (χ1v) is 12.8. The van der Waals surface area contributed by atoms with E-state index in [0.29, 0.717) is 35.4 Å². The largest absolute Gasteiger partial charge is 0.461 e. The van der Waals surface area contributed by atoms with Crippen LogP contribution in [0.5, 0.6) is 0 Å². The molecule has 0 spiro atoms. The summed E-state index contributed by atoms with van der Waals surface area (Å²) < 4.78 is 32.4. The molecule has 1 amide bonds. The zero-order valence-corrected chi connectivity index (χ0v) is 20.4. The maximum Gasteiger partial charge on any atom is 0.260 e. The standard InChI is InChI=1S/C21H23ClN4O4S2/c1-5-26(6-2)32(28,29)14-9-10-15(22)16(12-14)24-20(27)18-13(3)23-19(25-21(18)31-4)17-8-7-11-30-17/h7-12H,5-6H2,1-4H3,(H,24,27). The highest BCUT2D eigenvalue weighted by Crippen LogP contribution is 2.30. The van der Waals surface area contributed by atoms with E-state index in [4.69, 9.17) is 16.0 Å². The number of nitrogens with one attached hydrogen (secondary N) is 1. The Morgan fingerprint density at radius 3 is 2.53 bits per heavy atom. The molecule has 0 aliphatic carbocycles. The summed E-state index contributed by atoms with van der Waals surface area (Å²) in [5.74, 6) is 0.378. The number of carbonyl (C=O) groups is 1. The van der Waals surface area contributed by atoms with Crippen LogP contribution in [0.1, 0.15) is 29.9 Å². The van der Waals surface area contributed by atoms with Gasteiger partial charge >= 0.3 is 0 Å². The Labute approximate surface area is 196 Å². The Balaban J connectivity index is 1.97. The van der Waals surface area contributed by atoms with Crippen molar-refractivity contribution in [2.45, 2.75) is 30.7 Å². The molecule has 3 aromatic rings. The molecule has 0 saturated heterocycles. The van der Waals surface area contributed by atoms with Crippen molar-refractivity contribution in [1.82, 2.24) is 14.3 Å². The fraction of sp³-hybridized carbons (Fsp3) is 0.286. The second-order valence-corrected chi connectivity index (χ2v) is 9.82. The van der Waals surface area contributed by atoms with Crippen molar-refractivity contribution < 1.29 is 17.6 Å². The molecule has 1 aromatic carbocycles. The first-order chi connectivity index (χ1) is 15.2. The molecule has 0 atom stereocenters. The van der Waals surface area contributed by atoms with Crippen LogP contribution in [0.2, 0.25) is 5.02 Å². The number of hydrogen-bond acceptors (Lipinski definition) is 7. The van der Waals surface area contributed by atoms with Gasteiger partial charge in [-0.2, -0.15) is 4.31 Å². The molecular formula is C21H23ClN4O4S2. The number of anilines is 1. The van der Waals surface area contributed by atoms with E-state index in [9.17, 15) is 13.2 Å². The Bertz CT molecular complexity index is 1230. The number of hydrogen-bond donors (Lipinski definition) is 1. The van der Waals surface area contributed by atoms with Crippen LogP contribution in [0.25, 0.3) is 11.6 Å². The number of aryl methyl sites for hydroxylation is 1. The first kappa shape index (κ1) is 24.2. The summed E-state index contributed by atoms with van der Waals surface area (Å²) in [7, 11) is -3.71. The number of benzene rings is 1. The van der Waals surface area contributed by atoms with Crippen molar-refractivity contribution >= 4 is 45.0 Å². The second kappa shape index (κ2) is 10.0. The van der Waals surface area contributed by atoms with E-state index in [1.807, 2.05) is 0 Å². The van der Waals surface area contributed by atoms with Gasteiger partial charge in [0, 0.05) is 13.1 Å². The Morgan fingerprint density at radius 1 is 1.22 bits per heavy atom. The van der Waals surface area contributed by atoms with Gasteiger partial charge in [0.25, 0.3) is 5.91 Å². The molecule has 170 valence electrons. The number of nitrogens with zero attached hydrogens (tertiary/aromatic N) is 3. The Kier molecular flexibility index (Phi) is 7.60. The summed E-state index contributed by atoms with van der Waals surface area (Å²) in [4.78, 5) is 22.0. The Morgan fingerprint density at radius 2 is 1.94 bits per heavy atom. The monoisotopic (exact) mass is 494 g/mol. The molecule has 3 rings (SSSR count). The van der Waals surface area contributed by atoms with Gasteiger partial charge in [-0.1, -0.05) is 25.4 Å². The van der Waals surface area contributed by atoms with Crippen LogP contribution < -0.4 is 5.32 Å². The molecular weight excluding hydrogens is 472 g/mol. The highest BCUT2D eigenvalue weighted by atomic mass is 35.5. The van der Waals surface area contributed by atoms with Gasteiger partial charge in [-0.05, 0) is 43.5 Å². The smallest absolute Gasteiger partial charge is 0.260 e. The fourth-order valence-electron chi connectivity index (χ4n) is 3.13. The van der Waals surface area contributed by atoms with E-state index in [2.05, 4.69) is 15.3 Å². The number of sulfonamides is 1. The number of amides is 1. The lowest BCUT2D eigenvalue weighted by atomic mass is 10.2. The molecule has 32 heavy (non-hydrogen) atoms. The van der Waals surface area contributed by atoms with Crippen molar-refractivity contribution in [2.24, 2.45) is 0 Å². The Hall–Kier alpha value is -2.40. The highest BCUT2D eigenvalue weighted by molar-refractivity contribution is 7.98. The number of rotatable bonds is 8. The highest BCUT2D eigenvalue weighted by Gasteiger charge is 2.24. The third-order valence-corrected chi connectivity index (χ3v) is 7.81. The molecule has 2 aromatic heterocycles. The van der Waals surface area contributed by atoms with E-state index < -0.39 is 15.9 Å². The zero-order valence-electron chi connectivity index (χ0n) is 18.0. The number of carbonyl (C=O) groups excluding carboxylic acids is 1. The van der Waals surface area contributed by atoms with Gasteiger partial charge in [-0.25, -0.2) is 18.4 Å². The lowest BCUT2D eigenvalue weighted by molar-refractivity contribution is 0.102. The summed E-state index contributed by atoms with van der Waals surface area (Å²) in [6, 6.07) is 7.70. The molecule has 1 N–H and O–H groups in total. The summed E-state index contributed by atoms with van der Waals surface area (Å²) in [6.07, 6.45) is 3.32. The van der Waals surface area contributed by atoms with E-state index in [1.54, 1.807) is 39.2 Å². The minimum Gasteiger partial charge on any atom is -0.461 e. The molecule has 0 aliphatic rings. The molecule has 2 heterocycles. The first-order valence-electron chi connectivity index (χ1n) is 9.80. The molecule has 11 heteroatoms. The van der Waals surface area contributed by atoms with Gasteiger partial charge in [-0.3, -0.25) is 4.79 Å². The van der Waals surface area contributed by atoms with Gasteiger partial charge in [0.05, 0.1) is 33.1 Å². The van der Waals surface area contributed by atoms with Crippen LogP contribution in [0.3, 0.4) is 0 Å². The van der Waals surface area contributed by atoms with Crippen LogP contribution in [0.4, 0.5) is 5.69 Å². The maximum atomic E-state index is 13.1. The van der Waals surface area contributed by atoms with Gasteiger partial charge in [0.1, 0.15) is 5.03 Å². The van der Waals surface area contributed by atoms with Crippen molar-refractivity contribution in [2.75, 3.05) is 24.7 Å². The zero-order chi connectivity index (χ0) is 23.5. The molecule has 0 radical (unpaired) electrons. The third kappa shape index (κ3) is 4.83. The van der Waals surface area contributed by atoms with Crippen LogP contribution in [0.15, 0.2) is 50.9 Å². The summed E-state index contributed by atoms with van der Waals surface area (Å²) in [5, 5.41) is 3.39. The third-order valence-electron chi connectivity index (χ3n) is 4.75. The molecule has 0 saturated carbocycles. The van der Waals surface area contributed by atoms with E-state index in [-0.39, 0.29) is 21.2 Å². The minimum atomic E-state index is -3.71. The predicted molar refractivity (Wildman–Crippen MR) is 126 cm³/mol. The quantitative estimate of drug-likeness (QED) is 0.357. The van der Waals surface area contributed by atoms with Crippen LogP contribution in [-0.2, 0) is 10.0 Å². The summed E-state index contributed by atoms with van der Waals surface area (Å²) >= 11 is 7.55. The molecule has 0 unspecified atom stereocenters. The lowest BCUT2D eigenvalue weighted by Gasteiger charge is -2.19. The van der Waals surface area contributed by atoms with E-state index in [1.165, 1.54) is 40.5 Å². The number of aromatic nitrogens is 2. The predicted octanol–water partition coefficient (Wildman–Crippen LogP) is 4.70. The van der Waals surface area contributed by atoms with Crippen molar-refractivity contribution in [3.63, 3.8) is 0 Å². The number of furan rings is 1. The average Bonchev–Trinajstić information content (AvgIpc) is 3.30. The van der Waals surface area contributed by atoms with Gasteiger partial charge < -0.3 is 9.73 Å². The van der Waals surface area contributed by atoms with Crippen molar-refractivity contribution in [3.05, 3.63) is 52.9 Å². The van der Waals surface area contributed by atoms with Crippen molar-refractivity contribution in [3.8, 4) is 11.6 Å². The topological polar surface area (TPSA) is 105 Å². The second-order valence-electron chi connectivity index (χ2n) is 6.68. The molecule has 0 fully saturated rings. The number of thioether (sulfide) groups is 1. The van der Waals surface area contributed by atoms with Crippen LogP contribution in [0, 0.1) is 6.92 Å². The van der Waals surface area contributed by atoms with E-state index >= 15 is 0 Å². The van der Waals surface area contributed by atoms with E-state index in [0.717, 1.165) is 0 Å². The number of halogens is 1. The molecule has 0 aliphatic heterocycles. The lowest BCUT2D eigenvalue weighted by Crippen LogP contribution is -2.30. The minimum absolute atomic E-state index is 0.0483.